The minimum atomic E-state index is -0.561. The molecule has 1 saturated heterocycles. The van der Waals surface area contributed by atoms with Crippen LogP contribution in [0.25, 0.3) is 11.0 Å². The SMILES string of the molecule is O=c1nc(N2CCOCC2)oc2ccc([N+](=O)[O-])cc12. The summed E-state index contributed by atoms with van der Waals surface area (Å²) in [4.78, 5) is 27.8. The molecule has 1 fully saturated rings. The van der Waals surface area contributed by atoms with Crippen molar-refractivity contribution >= 4 is 22.7 Å². The van der Waals surface area contributed by atoms with Gasteiger partial charge < -0.3 is 14.1 Å². The minimum absolute atomic E-state index is 0.108. The average molecular weight is 277 g/mol. The van der Waals surface area contributed by atoms with Crippen LogP contribution in [0.15, 0.2) is 27.4 Å². The fourth-order valence-corrected chi connectivity index (χ4v) is 2.05. The number of hydrogen-bond acceptors (Lipinski definition) is 7. The Bertz CT molecular complexity index is 721. The number of ether oxygens (including phenoxy) is 1. The highest BCUT2D eigenvalue weighted by Crippen LogP contribution is 2.21. The van der Waals surface area contributed by atoms with E-state index < -0.39 is 10.5 Å². The van der Waals surface area contributed by atoms with Crippen molar-refractivity contribution in [2.24, 2.45) is 0 Å². The molecule has 0 atom stereocenters. The van der Waals surface area contributed by atoms with Crippen LogP contribution >= 0.6 is 0 Å². The fourth-order valence-electron chi connectivity index (χ4n) is 2.05. The van der Waals surface area contributed by atoms with E-state index in [1.165, 1.54) is 18.2 Å². The normalized spacial score (nSPS) is 15.5. The Morgan fingerprint density at radius 2 is 2.05 bits per heavy atom. The summed E-state index contributed by atoms with van der Waals surface area (Å²) in [6, 6.07) is 4.12. The molecule has 1 aliphatic heterocycles. The Hall–Kier alpha value is -2.48. The van der Waals surface area contributed by atoms with Crippen LogP contribution in [0.3, 0.4) is 0 Å². The number of morpholine rings is 1. The first-order chi connectivity index (χ1) is 9.65. The number of fused-ring (bicyclic) bond motifs is 1. The molecule has 0 amide bonds. The van der Waals surface area contributed by atoms with Gasteiger partial charge in [0.2, 0.25) is 0 Å². The van der Waals surface area contributed by atoms with Gasteiger partial charge in [-0.2, -0.15) is 4.98 Å². The molecule has 0 saturated carbocycles. The third kappa shape index (κ3) is 2.21. The summed E-state index contributed by atoms with van der Waals surface area (Å²) in [5.74, 6) is 0. The van der Waals surface area contributed by atoms with E-state index in [1.807, 2.05) is 4.90 Å². The number of nitro groups is 1. The van der Waals surface area contributed by atoms with Crippen LogP contribution in [0, 0.1) is 10.1 Å². The predicted molar refractivity (Wildman–Crippen MR) is 70.0 cm³/mol. The van der Waals surface area contributed by atoms with Crippen molar-refractivity contribution in [2.75, 3.05) is 31.2 Å². The molecule has 20 heavy (non-hydrogen) atoms. The number of rotatable bonds is 2. The molecule has 0 aliphatic carbocycles. The summed E-state index contributed by atoms with van der Waals surface area (Å²) >= 11 is 0. The molecule has 3 rings (SSSR count). The Balaban J connectivity index is 2.08. The summed E-state index contributed by atoms with van der Waals surface area (Å²) in [6.45, 7) is 2.27. The zero-order valence-corrected chi connectivity index (χ0v) is 10.4. The molecule has 8 nitrogen and oxygen atoms in total. The maximum absolute atomic E-state index is 12.0. The molecular weight excluding hydrogens is 266 g/mol. The van der Waals surface area contributed by atoms with Gasteiger partial charge in [-0.25, -0.2) is 0 Å². The van der Waals surface area contributed by atoms with Crippen LogP contribution in [0.4, 0.5) is 11.7 Å². The summed E-state index contributed by atoms with van der Waals surface area (Å²) < 4.78 is 10.8. The molecule has 0 spiro atoms. The van der Waals surface area contributed by atoms with E-state index in [0.29, 0.717) is 26.3 Å². The summed E-state index contributed by atoms with van der Waals surface area (Å²) in [5.41, 5.74) is -0.403. The summed E-state index contributed by atoms with van der Waals surface area (Å²) in [6.07, 6.45) is 0. The highest BCUT2D eigenvalue weighted by Gasteiger charge is 2.18. The standard InChI is InChI=1S/C12H11N3O5/c16-11-9-7-8(15(17)18)1-2-10(9)20-12(13-11)14-3-5-19-6-4-14/h1-2,7H,3-6H2. The third-order valence-corrected chi connectivity index (χ3v) is 3.08. The second-order valence-corrected chi connectivity index (χ2v) is 4.34. The van der Waals surface area contributed by atoms with Gasteiger partial charge in [-0.1, -0.05) is 0 Å². The molecule has 104 valence electrons. The van der Waals surface area contributed by atoms with Gasteiger partial charge in [0.15, 0.2) is 0 Å². The van der Waals surface area contributed by atoms with Crippen molar-refractivity contribution in [3.05, 3.63) is 38.7 Å². The molecule has 0 radical (unpaired) electrons. The van der Waals surface area contributed by atoms with E-state index in [4.69, 9.17) is 9.15 Å². The van der Waals surface area contributed by atoms with Crippen LogP contribution < -0.4 is 10.5 Å². The van der Waals surface area contributed by atoms with E-state index in [1.54, 1.807) is 0 Å². The van der Waals surface area contributed by atoms with E-state index in [0.717, 1.165) is 0 Å². The number of nitrogens with zero attached hydrogens (tertiary/aromatic N) is 3. The van der Waals surface area contributed by atoms with Gasteiger partial charge in [0.1, 0.15) is 5.58 Å². The fraction of sp³-hybridized carbons (Fsp3) is 0.333. The number of anilines is 1. The first-order valence-electron chi connectivity index (χ1n) is 6.07. The topological polar surface area (TPSA) is 98.7 Å². The molecule has 1 aromatic heterocycles. The lowest BCUT2D eigenvalue weighted by Gasteiger charge is -2.25. The van der Waals surface area contributed by atoms with Gasteiger partial charge in [-0.05, 0) is 6.07 Å². The van der Waals surface area contributed by atoms with Crippen molar-refractivity contribution in [1.29, 1.82) is 0 Å². The van der Waals surface area contributed by atoms with Gasteiger partial charge in [-0.3, -0.25) is 14.9 Å². The van der Waals surface area contributed by atoms with E-state index in [2.05, 4.69) is 4.98 Å². The van der Waals surface area contributed by atoms with Crippen molar-refractivity contribution in [1.82, 2.24) is 4.98 Å². The van der Waals surface area contributed by atoms with Crippen molar-refractivity contribution in [3.8, 4) is 0 Å². The van der Waals surface area contributed by atoms with Gasteiger partial charge in [-0.15, -0.1) is 0 Å². The Kier molecular flexibility index (Phi) is 3.07. The molecule has 1 aliphatic rings. The van der Waals surface area contributed by atoms with Crippen LogP contribution in [-0.2, 0) is 4.74 Å². The minimum Gasteiger partial charge on any atom is -0.425 e. The van der Waals surface area contributed by atoms with Crippen molar-refractivity contribution in [3.63, 3.8) is 0 Å². The van der Waals surface area contributed by atoms with Crippen molar-refractivity contribution in [2.45, 2.75) is 0 Å². The van der Waals surface area contributed by atoms with Crippen LogP contribution in [-0.4, -0.2) is 36.2 Å². The second-order valence-electron chi connectivity index (χ2n) is 4.34. The molecule has 1 aromatic carbocycles. The van der Waals surface area contributed by atoms with E-state index in [9.17, 15) is 14.9 Å². The lowest BCUT2D eigenvalue weighted by atomic mass is 10.2. The lowest BCUT2D eigenvalue weighted by Crippen LogP contribution is -2.37. The Labute approximate surface area is 112 Å². The summed E-state index contributed by atoms with van der Waals surface area (Å²) in [7, 11) is 0. The Morgan fingerprint density at radius 3 is 2.75 bits per heavy atom. The monoisotopic (exact) mass is 277 g/mol. The molecule has 2 aromatic rings. The zero-order chi connectivity index (χ0) is 14.1. The highest BCUT2D eigenvalue weighted by molar-refractivity contribution is 5.78. The Morgan fingerprint density at radius 1 is 1.30 bits per heavy atom. The first-order valence-corrected chi connectivity index (χ1v) is 6.07. The van der Waals surface area contributed by atoms with Crippen molar-refractivity contribution < 1.29 is 14.1 Å². The highest BCUT2D eigenvalue weighted by atomic mass is 16.6. The molecular formula is C12H11N3O5. The predicted octanol–water partition coefficient (Wildman–Crippen LogP) is 0.933. The molecule has 0 unspecified atom stereocenters. The van der Waals surface area contributed by atoms with E-state index >= 15 is 0 Å². The smallest absolute Gasteiger partial charge is 0.301 e. The largest absolute Gasteiger partial charge is 0.425 e. The van der Waals surface area contributed by atoms with Gasteiger partial charge in [0.25, 0.3) is 11.2 Å². The van der Waals surface area contributed by atoms with Gasteiger partial charge >= 0.3 is 6.01 Å². The number of benzene rings is 1. The van der Waals surface area contributed by atoms with Crippen LogP contribution in [0.1, 0.15) is 0 Å². The maximum atomic E-state index is 12.0. The van der Waals surface area contributed by atoms with Crippen LogP contribution in [0.5, 0.6) is 0 Å². The van der Waals surface area contributed by atoms with Gasteiger partial charge in [0, 0.05) is 25.2 Å². The molecule has 0 N–H and O–H groups in total. The quantitative estimate of drug-likeness (QED) is 0.594. The number of aromatic nitrogens is 1. The average Bonchev–Trinajstić information content (AvgIpc) is 2.47. The lowest BCUT2D eigenvalue weighted by molar-refractivity contribution is -0.384. The van der Waals surface area contributed by atoms with Crippen LogP contribution in [0.2, 0.25) is 0 Å². The molecule has 2 heterocycles. The number of hydrogen-bond donors (Lipinski definition) is 0. The molecule has 0 bridgehead atoms. The van der Waals surface area contributed by atoms with Gasteiger partial charge in [0.05, 0.1) is 23.5 Å². The second kappa shape index (κ2) is 4.89. The third-order valence-electron chi connectivity index (χ3n) is 3.08. The summed E-state index contributed by atoms with van der Waals surface area (Å²) in [5, 5.41) is 10.8. The zero-order valence-electron chi connectivity index (χ0n) is 10.4. The maximum Gasteiger partial charge on any atom is 0.301 e. The molecule has 8 heteroatoms. The van der Waals surface area contributed by atoms with E-state index in [-0.39, 0.29) is 22.7 Å². The number of nitro benzene ring substituents is 1. The number of non-ortho nitro benzene ring substituents is 1. The first kappa shape index (κ1) is 12.5.